The van der Waals surface area contributed by atoms with Gasteiger partial charge >= 0.3 is 0 Å². The molecule has 0 spiro atoms. The highest BCUT2D eigenvalue weighted by Crippen LogP contribution is 2.31. The molecule has 1 aromatic carbocycles. The quantitative estimate of drug-likeness (QED) is 0.717. The first-order valence-electron chi connectivity index (χ1n) is 9.37. The van der Waals surface area contributed by atoms with Crippen LogP contribution in [0.2, 0.25) is 0 Å². The SMILES string of the molecule is Cc1nc(COc2ccc(F)cc2)sc1C(=O)N(C)C1CC2CCC(C1)N2.Cl.Cl. The molecule has 1 N–H and O–H groups in total. The number of carbonyl (C=O) groups is 1. The van der Waals surface area contributed by atoms with Gasteiger partial charge in [0.25, 0.3) is 5.91 Å². The fourth-order valence-corrected chi connectivity index (χ4v) is 5.02. The number of hydrogen-bond acceptors (Lipinski definition) is 5. The van der Waals surface area contributed by atoms with Gasteiger partial charge in [-0.25, -0.2) is 9.37 Å². The molecule has 29 heavy (non-hydrogen) atoms. The summed E-state index contributed by atoms with van der Waals surface area (Å²) in [5.41, 5.74) is 0.742. The summed E-state index contributed by atoms with van der Waals surface area (Å²) in [6.45, 7) is 2.14. The van der Waals surface area contributed by atoms with E-state index in [1.165, 1.54) is 36.3 Å². The predicted octanol–water partition coefficient (Wildman–Crippen LogP) is 4.37. The van der Waals surface area contributed by atoms with E-state index in [4.69, 9.17) is 4.74 Å². The molecule has 0 radical (unpaired) electrons. The minimum Gasteiger partial charge on any atom is -0.486 e. The van der Waals surface area contributed by atoms with E-state index in [2.05, 4.69) is 10.3 Å². The molecule has 160 valence electrons. The molecule has 2 fully saturated rings. The van der Waals surface area contributed by atoms with Crippen LogP contribution in [0.3, 0.4) is 0 Å². The van der Waals surface area contributed by atoms with Crippen LogP contribution in [0, 0.1) is 12.7 Å². The Hall–Kier alpha value is -1.41. The van der Waals surface area contributed by atoms with Crippen LogP contribution in [0.1, 0.15) is 46.1 Å². The largest absolute Gasteiger partial charge is 0.486 e. The number of ether oxygens (including phenoxy) is 1. The summed E-state index contributed by atoms with van der Waals surface area (Å²) in [6.07, 6.45) is 4.48. The van der Waals surface area contributed by atoms with Crippen LogP contribution in [-0.4, -0.2) is 41.0 Å². The highest BCUT2D eigenvalue weighted by molar-refractivity contribution is 7.13. The standard InChI is InChI=1S/C20H24FN3O2S.2ClH/c1-12-19(20(25)24(2)16-9-14-5-6-15(10-16)23-14)27-18(22-12)11-26-17-7-3-13(21)4-8-17;;/h3-4,7-8,14-16,23H,5-6,9-11H2,1-2H3;2*1H. The molecule has 5 nitrogen and oxygen atoms in total. The maximum absolute atomic E-state index is 13.0. The minimum absolute atomic E-state index is 0. The van der Waals surface area contributed by atoms with Crippen molar-refractivity contribution < 1.29 is 13.9 Å². The fourth-order valence-electron chi connectivity index (χ4n) is 4.06. The number of rotatable bonds is 5. The molecule has 2 atom stereocenters. The third-order valence-electron chi connectivity index (χ3n) is 5.53. The predicted molar refractivity (Wildman–Crippen MR) is 117 cm³/mol. The van der Waals surface area contributed by atoms with Crippen molar-refractivity contribution in [3.05, 3.63) is 45.7 Å². The average Bonchev–Trinajstić information content (AvgIpc) is 3.21. The topological polar surface area (TPSA) is 54.5 Å². The molecule has 1 amide bonds. The second kappa shape index (κ2) is 10.1. The summed E-state index contributed by atoms with van der Waals surface area (Å²) in [6, 6.07) is 7.27. The first-order valence-corrected chi connectivity index (χ1v) is 10.2. The molecule has 0 saturated carbocycles. The maximum atomic E-state index is 13.0. The molecule has 3 heterocycles. The lowest BCUT2D eigenvalue weighted by Crippen LogP contribution is -2.48. The lowest BCUT2D eigenvalue weighted by atomic mass is 9.98. The van der Waals surface area contributed by atoms with Crippen molar-refractivity contribution in [1.82, 2.24) is 15.2 Å². The van der Waals surface area contributed by atoms with E-state index in [9.17, 15) is 9.18 Å². The Morgan fingerprint density at radius 3 is 2.48 bits per heavy atom. The van der Waals surface area contributed by atoms with Gasteiger partial charge in [0.1, 0.15) is 28.1 Å². The van der Waals surface area contributed by atoms with Crippen molar-refractivity contribution in [2.24, 2.45) is 0 Å². The van der Waals surface area contributed by atoms with Gasteiger partial charge in [-0.2, -0.15) is 0 Å². The van der Waals surface area contributed by atoms with Gasteiger partial charge in [-0.05, 0) is 56.9 Å². The van der Waals surface area contributed by atoms with Gasteiger partial charge in [0.15, 0.2) is 0 Å². The third kappa shape index (κ3) is 5.40. The van der Waals surface area contributed by atoms with E-state index >= 15 is 0 Å². The van der Waals surface area contributed by atoms with Crippen LogP contribution in [-0.2, 0) is 6.61 Å². The van der Waals surface area contributed by atoms with Gasteiger partial charge in [0.2, 0.25) is 0 Å². The van der Waals surface area contributed by atoms with Crippen molar-refractivity contribution >= 4 is 42.1 Å². The summed E-state index contributed by atoms with van der Waals surface area (Å²) < 4.78 is 18.6. The first kappa shape index (κ1) is 23.9. The number of aryl methyl sites for hydroxylation is 1. The third-order valence-corrected chi connectivity index (χ3v) is 6.65. The zero-order chi connectivity index (χ0) is 19.0. The summed E-state index contributed by atoms with van der Waals surface area (Å²) in [5, 5.41) is 4.37. The monoisotopic (exact) mass is 461 g/mol. The van der Waals surface area contributed by atoms with Crippen LogP contribution in [0.4, 0.5) is 4.39 Å². The number of thiazole rings is 1. The second-order valence-electron chi connectivity index (χ2n) is 7.44. The summed E-state index contributed by atoms with van der Waals surface area (Å²) in [5.74, 6) is 0.332. The van der Waals surface area contributed by atoms with Crippen LogP contribution in [0.25, 0.3) is 0 Å². The van der Waals surface area contributed by atoms with Gasteiger partial charge in [0.05, 0.1) is 5.69 Å². The average molecular weight is 462 g/mol. The van der Waals surface area contributed by atoms with Crippen LogP contribution >= 0.6 is 36.2 Å². The first-order chi connectivity index (χ1) is 13.0. The molecular formula is C20H26Cl2FN3O2S. The van der Waals surface area contributed by atoms with Crippen LogP contribution in [0.15, 0.2) is 24.3 Å². The van der Waals surface area contributed by atoms with Crippen LogP contribution < -0.4 is 10.1 Å². The van der Waals surface area contributed by atoms with Gasteiger partial charge < -0.3 is 15.0 Å². The molecule has 0 aliphatic carbocycles. The maximum Gasteiger partial charge on any atom is 0.265 e. The molecule has 2 unspecified atom stereocenters. The molecule has 9 heteroatoms. The molecule has 2 aromatic rings. The van der Waals surface area contributed by atoms with E-state index in [0.717, 1.165) is 23.5 Å². The second-order valence-corrected chi connectivity index (χ2v) is 8.53. The zero-order valence-corrected chi connectivity index (χ0v) is 18.8. The van der Waals surface area contributed by atoms with Crippen molar-refractivity contribution in [3.63, 3.8) is 0 Å². The van der Waals surface area contributed by atoms with Crippen molar-refractivity contribution in [2.75, 3.05) is 7.05 Å². The molecule has 2 aliphatic rings. The summed E-state index contributed by atoms with van der Waals surface area (Å²) in [7, 11) is 1.91. The number of hydrogen-bond donors (Lipinski definition) is 1. The summed E-state index contributed by atoms with van der Waals surface area (Å²) >= 11 is 1.38. The highest BCUT2D eigenvalue weighted by atomic mass is 35.5. The number of carbonyl (C=O) groups excluding carboxylic acids is 1. The van der Waals surface area contributed by atoms with Gasteiger partial charge in [-0.3, -0.25) is 4.79 Å². The Bertz CT molecular complexity index is 822. The Balaban J connectivity index is 0.00000150. The Morgan fingerprint density at radius 2 is 1.86 bits per heavy atom. The number of benzene rings is 1. The lowest BCUT2D eigenvalue weighted by molar-refractivity contribution is 0.0685. The van der Waals surface area contributed by atoms with E-state index in [-0.39, 0.29) is 49.2 Å². The number of nitrogens with zero attached hydrogens (tertiary/aromatic N) is 2. The smallest absolute Gasteiger partial charge is 0.265 e. The normalized spacial score (nSPS) is 22.4. The number of piperidine rings is 1. The highest BCUT2D eigenvalue weighted by Gasteiger charge is 2.37. The van der Waals surface area contributed by atoms with Gasteiger partial charge in [-0.1, -0.05) is 0 Å². The number of halogens is 3. The Kier molecular flexibility index (Phi) is 8.28. The number of fused-ring (bicyclic) bond motifs is 2. The molecule has 2 aliphatic heterocycles. The van der Waals surface area contributed by atoms with Crippen molar-refractivity contribution in [1.29, 1.82) is 0 Å². The number of nitrogens with one attached hydrogen (secondary N) is 1. The van der Waals surface area contributed by atoms with Gasteiger partial charge in [0, 0.05) is 25.2 Å². The lowest BCUT2D eigenvalue weighted by Gasteiger charge is -2.35. The van der Waals surface area contributed by atoms with Crippen molar-refractivity contribution in [3.8, 4) is 5.75 Å². The van der Waals surface area contributed by atoms with E-state index in [0.29, 0.717) is 22.7 Å². The zero-order valence-electron chi connectivity index (χ0n) is 16.4. The number of amides is 1. The Morgan fingerprint density at radius 1 is 1.24 bits per heavy atom. The summed E-state index contributed by atoms with van der Waals surface area (Å²) in [4.78, 5) is 20.1. The fraction of sp³-hybridized carbons (Fsp3) is 0.500. The molecule has 1 aromatic heterocycles. The van der Waals surface area contributed by atoms with E-state index < -0.39 is 0 Å². The molecule has 4 rings (SSSR count). The van der Waals surface area contributed by atoms with Crippen LogP contribution in [0.5, 0.6) is 5.75 Å². The van der Waals surface area contributed by atoms with E-state index in [1.54, 1.807) is 12.1 Å². The molecule has 2 saturated heterocycles. The Labute approximate surface area is 186 Å². The molecule has 2 bridgehead atoms. The molecular weight excluding hydrogens is 436 g/mol. The van der Waals surface area contributed by atoms with Crippen molar-refractivity contribution in [2.45, 2.75) is 57.3 Å². The van der Waals surface area contributed by atoms with Gasteiger partial charge in [-0.15, -0.1) is 36.2 Å². The number of aromatic nitrogens is 1. The minimum atomic E-state index is -0.297. The van der Waals surface area contributed by atoms with E-state index in [1.807, 2.05) is 18.9 Å².